The number of allylic oxidation sites excluding steroid dienone is 2. The summed E-state index contributed by atoms with van der Waals surface area (Å²) in [5.74, 6) is 0.0691. The fourth-order valence-electron chi connectivity index (χ4n) is 4.89. The molecule has 1 aliphatic heterocycles. The predicted octanol–water partition coefficient (Wildman–Crippen LogP) is 7.19. The highest BCUT2D eigenvalue weighted by Crippen LogP contribution is 2.24. The van der Waals surface area contributed by atoms with Crippen LogP contribution in [-0.2, 0) is 4.79 Å². The van der Waals surface area contributed by atoms with Crippen molar-refractivity contribution < 1.29 is 9.28 Å². The largest absolute Gasteiger partial charge is 0.351 e. The number of likely N-dealkylation sites (N-methyl/N-ethyl adjacent to an activating group) is 1. The van der Waals surface area contributed by atoms with Crippen LogP contribution >= 0.6 is 0 Å². The summed E-state index contributed by atoms with van der Waals surface area (Å²) in [4.78, 5) is 16.0. The fraction of sp³-hybridized carbons (Fsp3) is 0.857. The van der Waals surface area contributed by atoms with Gasteiger partial charge >= 0.3 is 0 Å². The molecule has 0 spiro atoms. The second-order valence-electron chi connectivity index (χ2n) is 9.82. The molecule has 1 aliphatic rings. The van der Waals surface area contributed by atoms with E-state index in [1.807, 2.05) is 0 Å². The SMILES string of the molecule is CCCCCCCCC/C=C/CCCCCCCCC1N=CC[N+]1(CC)CCNC(C)=O. The van der Waals surface area contributed by atoms with Crippen molar-refractivity contribution in [3.05, 3.63) is 12.2 Å². The molecule has 186 valence electrons. The third-order valence-corrected chi connectivity index (χ3v) is 7.14. The first-order valence-electron chi connectivity index (χ1n) is 13.9. The number of hydrogen-bond acceptors (Lipinski definition) is 2. The molecular weight excluding hydrogens is 394 g/mol. The number of aliphatic imine (C=N–C) groups is 1. The normalized spacial score (nSPS) is 20.4. The molecule has 0 saturated carbocycles. The Kier molecular flexibility index (Phi) is 17.4. The van der Waals surface area contributed by atoms with Crippen molar-refractivity contribution in [2.75, 3.05) is 26.2 Å². The average Bonchev–Trinajstić information content (AvgIpc) is 3.18. The van der Waals surface area contributed by atoms with Crippen molar-refractivity contribution in [1.82, 2.24) is 5.32 Å². The Hall–Kier alpha value is -1.16. The summed E-state index contributed by atoms with van der Waals surface area (Å²) in [6.45, 7) is 10.0. The Morgan fingerprint density at radius 1 is 0.906 bits per heavy atom. The maximum Gasteiger partial charge on any atom is 0.217 e. The van der Waals surface area contributed by atoms with Crippen molar-refractivity contribution in [2.24, 2.45) is 4.99 Å². The molecule has 0 bridgehead atoms. The first-order chi connectivity index (χ1) is 15.6. The lowest BCUT2D eigenvalue weighted by Crippen LogP contribution is -2.55. The minimum atomic E-state index is 0.0691. The smallest absolute Gasteiger partial charge is 0.217 e. The molecule has 4 nitrogen and oxygen atoms in total. The van der Waals surface area contributed by atoms with E-state index in [0.717, 1.165) is 30.7 Å². The molecule has 1 amide bonds. The zero-order valence-corrected chi connectivity index (χ0v) is 21.8. The summed E-state index contributed by atoms with van der Waals surface area (Å²) in [6, 6.07) is 0. The molecule has 32 heavy (non-hydrogen) atoms. The van der Waals surface area contributed by atoms with E-state index in [1.165, 1.54) is 103 Å². The van der Waals surface area contributed by atoms with Gasteiger partial charge in [0.2, 0.25) is 5.91 Å². The number of unbranched alkanes of at least 4 members (excludes halogenated alkanes) is 13. The third-order valence-electron chi connectivity index (χ3n) is 7.14. The Morgan fingerprint density at radius 2 is 1.47 bits per heavy atom. The van der Waals surface area contributed by atoms with Crippen LogP contribution in [0, 0.1) is 0 Å². The van der Waals surface area contributed by atoms with E-state index in [0.29, 0.717) is 6.17 Å². The summed E-state index contributed by atoms with van der Waals surface area (Å²) in [5.41, 5.74) is 0. The van der Waals surface area contributed by atoms with Gasteiger partial charge in [0, 0.05) is 13.3 Å². The number of nitrogens with zero attached hydrogens (tertiary/aromatic N) is 2. The first-order valence-corrected chi connectivity index (χ1v) is 13.9. The number of carbonyl (C=O) groups excluding carboxylic acids is 1. The van der Waals surface area contributed by atoms with Gasteiger partial charge in [-0.15, -0.1) is 0 Å². The number of quaternary nitrogens is 1. The van der Waals surface area contributed by atoms with Crippen LogP contribution in [0.25, 0.3) is 0 Å². The van der Waals surface area contributed by atoms with E-state index in [9.17, 15) is 4.79 Å². The maximum absolute atomic E-state index is 11.2. The van der Waals surface area contributed by atoms with Crippen LogP contribution in [0.4, 0.5) is 0 Å². The molecule has 0 radical (unpaired) electrons. The molecule has 2 atom stereocenters. The quantitative estimate of drug-likeness (QED) is 0.113. The van der Waals surface area contributed by atoms with E-state index in [4.69, 9.17) is 4.99 Å². The van der Waals surface area contributed by atoms with Crippen LogP contribution in [0.15, 0.2) is 17.1 Å². The molecule has 4 heteroatoms. The van der Waals surface area contributed by atoms with E-state index in [1.54, 1.807) is 6.92 Å². The Balaban J connectivity index is 1.96. The molecule has 0 aromatic heterocycles. The van der Waals surface area contributed by atoms with E-state index in [-0.39, 0.29) is 5.91 Å². The summed E-state index contributed by atoms with van der Waals surface area (Å²) >= 11 is 0. The molecule has 0 aromatic carbocycles. The Labute approximate surface area is 199 Å². The third kappa shape index (κ3) is 13.4. The van der Waals surface area contributed by atoms with Gasteiger partial charge in [-0.1, -0.05) is 83.3 Å². The molecular formula is C28H54N3O+. The average molecular weight is 449 g/mol. The van der Waals surface area contributed by atoms with Crippen molar-refractivity contribution in [2.45, 2.75) is 130 Å². The van der Waals surface area contributed by atoms with E-state index >= 15 is 0 Å². The van der Waals surface area contributed by atoms with Crippen molar-refractivity contribution >= 4 is 12.1 Å². The Morgan fingerprint density at radius 3 is 2.03 bits per heavy atom. The molecule has 0 saturated heterocycles. The van der Waals surface area contributed by atoms with Crippen LogP contribution in [0.5, 0.6) is 0 Å². The highest BCUT2D eigenvalue weighted by atomic mass is 16.1. The topological polar surface area (TPSA) is 41.5 Å². The van der Waals surface area contributed by atoms with Crippen LogP contribution in [0.2, 0.25) is 0 Å². The lowest BCUT2D eigenvalue weighted by molar-refractivity contribution is -0.935. The second-order valence-corrected chi connectivity index (χ2v) is 9.82. The van der Waals surface area contributed by atoms with Crippen LogP contribution in [0.1, 0.15) is 124 Å². The summed E-state index contributed by atoms with van der Waals surface area (Å²) in [6.07, 6.45) is 29.0. The van der Waals surface area contributed by atoms with Crippen LogP contribution in [0.3, 0.4) is 0 Å². The van der Waals surface area contributed by atoms with Crippen molar-refractivity contribution in [3.63, 3.8) is 0 Å². The molecule has 0 fully saturated rings. The molecule has 1 N–H and O–H groups in total. The lowest BCUT2D eigenvalue weighted by Gasteiger charge is -2.38. The maximum atomic E-state index is 11.2. The predicted molar refractivity (Wildman–Crippen MR) is 140 cm³/mol. The number of rotatable bonds is 21. The van der Waals surface area contributed by atoms with Gasteiger partial charge in [0.05, 0.1) is 25.8 Å². The standard InChI is InChI=1S/C28H53N3O/c1-4-6-7-8-9-10-11-12-13-14-15-16-17-18-19-20-21-22-28-30-24-26-31(28,5-2)25-23-29-27(3)32/h13-14,24,28H,4-12,15-23,25-26H2,1-3H3/p+1/b14-13+. The van der Waals surface area contributed by atoms with Gasteiger partial charge < -0.3 is 5.32 Å². The molecule has 1 heterocycles. The zero-order chi connectivity index (χ0) is 23.3. The van der Waals surface area contributed by atoms with E-state index < -0.39 is 0 Å². The molecule has 0 aliphatic carbocycles. The second kappa shape index (κ2) is 19.3. The fourth-order valence-corrected chi connectivity index (χ4v) is 4.89. The van der Waals surface area contributed by atoms with Gasteiger partial charge in [-0.2, -0.15) is 0 Å². The minimum Gasteiger partial charge on any atom is -0.351 e. The Bertz CT molecular complexity index is 517. The van der Waals surface area contributed by atoms with Gasteiger partial charge in [-0.25, -0.2) is 4.99 Å². The highest BCUT2D eigenvalue weighted by molar-refractivity contribution is 5.72. The van der Waals surface area contributed by atoms with Gasteiger partial charge in [0.1, 0.15) is 6.54 Å². The van der Waals surface area contributed by atoms with Gasteiger partial charge in [-0.05, 0) is 39.0 Å². The summed E-state index contributed by atoms with van der Waals surface area (Å²) < 4.78 is 1.02. The highest BCUT2D eigenvalue weighted by Gasteiger charge is 2.37. The number of amides is 1. The van der Waals surface area contributed by atoms with Gasteiger partial charge in [-0.3, -0.25) is 9.28 Å². The van der Waals surface area contributed by atoms with Crippen LogP contribution in [-0.4, -0.2) is 48.9 Å². The van der Waals surface area contributed by atoms with Crippen molar-refractivity contribution in [3.8, 4) is 0 Å². The summed E-state index contributed by atoms with van der Waals surface area (Å²) in [5, 5.41) is 2.96. The first kappa shape index (κ1) is 28.9. The zero-order valence-electron chi connectivity index (χ0n) is 21.8. The molecule has 1 rings (SSSR count). The number of carbonyl (C=O) groups is 1. The molecule has 2 unspecified atom stereocenters. The lowest BCUT2D eigenvalue weighted by atomic mass is 10.1. The minimum absolute atomic E-state index is 0.0691. The number of hydrogen-bond donors (Lipinski definition) is 1. The number of nitrogens with one attached hydrogen (secondary N) is 1. The van der Waals surface area contributed by atoms with Crippen LogP contribution < -0.4 is 5.32 Å². The monoisotopic (exact) mass is 448 g/mol. The van der Waals surface area contributed by atoms with E-state index in [2.05, 4.69) is 37.5 Å². The van der Waals surface area contributed by atoms with Gasteiger partial charge in [0.25, 0.3) is 0 Å². The van der Waals surface area contributed by atoms with Gasteiger partial charge in [0.15, 0.2) is 6.17 Å². The summed E-state index contributed by atoms with van der Waals surface area (Å²) in [7, 11) is 0. The van der Waals surface area contributed by atoms with Crippen molar-refractivity contribution in [1.29, 1.82) is 0 Å². The molecule has 0 aromatic rings.